The molecule has 1 aliphatic rings. The summed E-state index contributed by atoms with van der Waals surface area (Å²) in [4.78, 5) is 27.8. The number of ether oxygens (including phenoxy) is 1. The monoisotopic (exact) mass is 320 g/mol. The van der Waals surface area contributed by atoms with Crippen molar-refractivity contribution in [1.29, 1.82) is 0 Å². The van der Waals surface area contributed by atoms with Crippen LogP contribution in [0.2, 0.25) is 0 Å². The number of furan rings is 1. The number of hydrogen-bond donors (Lipinski definition) is 2. The van der Waals surface area contributed by atoms with Gasteiger partial charge in [-0.15, -0.1) is 0 Å². The predicted octanol–water partition coefficient (Wildman–Crippen LogP) is 1.15. The molecule has 1 unspecified atom stereocenters. The fraction of sp³-hybridized carbons (Fsp3) is 0.400. The van der Waals surface area contributed by atoms with Crippen LogP contribution in [0.25, 0.3) is 11.7 Å². The fourth-order valence-electron chi connectivity index (χ4n) is 2.45. The second-order valence-electron chi connectivity index (χ2n) is 5.41. The van der Waals surface area contributed by atoms with Crippen LogP contribution in [-0.4, -0.2) is 40.7 Å². The zero-order valence-electron chi connectivity index (χ0n) is 12.5. The summed E-state index contributed by atoms with van der Waals surface area (Å²) >= 11 is 0. The Morgan fingerprint density at radius 2 is 2.30 bits per heavy atom. The lowest BCUT2D eigenvalue weighted by Gasteiger charge is -2.23. The molecule has 122 valence electrons. The normalized spacial score (nSPS) is 20.6. The van der Waals surface area contributed by atoms with Gasteiger partial charge in [0.25, 0.3) is 5.89 Å². The van der Waals surface area contributed by atoms with Crippen LogP contribution in [0, 0.1) is 6.92 Å². The lowest BCUT2D eigenvalue weighted by Crippen LogP contribution is -2.55. The first-order valence-corrected chi connectivity index (χ1v) is 7.12. The summed E-state index contributed by atoms with van der Waals surface area (Å²) in [5.41, 5.74) is -0.924. The number of carbonyl (C=O) groups is 2. The molecule has 1 aliphatic heterocycles. The van der Waals surface area contributed by atoms with Crippen LogP contribution < -0.4 is 5.32 Å². The highest BCUT2D eigenvalue weighted by Gasteiger charge is 2.44. The predicted molar refractivity (Wildman–Crippen MR) is 76.6 cm³/mol. The molecule has 2 N–H and O–H groups in total. The number of carbonyl (C=O) groups excluding carboxylic acids is 1. The van der Waals surface area contributed by atoms with Gasteiger partial charge in [-0.05, 0) is 19.1 Å². The first-order valence-electron chi connectivity index (χ1n) is 7.12. The smallest absolute Gasteiger partial charge is 0.331 e. The van der Waals surface area contributed by atoms with E-state index in [2.05, 4.69) is 10.3 Å². The van der Waals surface area contributed by atoms with Gasteiger partial charge in [-0.2, -0.15) is 0 Å². The second-order valence-corrected chi connectivity index (χ2v) is 5.41. The Hall–Kier alpha value is -2.61. The Labute approximate surface area is 131 Å². The average Bonchev–Trinajstić information content (AvgIpc) is 3.21. The van der Waals surface area contributed by atoms with E-state index in [0.29, 0.717) is 23.8 Å². The summed E-state index contributed by atoms with van der Waals surface area (Å²) in [7, 11) is 0. The number of aromatic nitrogens is 1. The lowest BCUT2D eigenvalue weighted by atomic mass is 9.98. The Morgan fingerprint density at radius 3 is 2.91 bits per heavy atom. The van der Waals surface area contributed by atoms with Gasteiger partial charge < -0.3 is 24.0 Å². The Bertz CT molecular complexity index is 712. The van der Waals surface area contributed by atoms with E-state index in [1.165, 1.54) is 6.26 Å². The molecule has 0 saturated carbocycles. The number of hydrogen-bond acceptors (Lipinski definition) is 6. The number of oxazole rings is 1. The van der Waals surface area contributed by atoms with Crippen molar-refractivity contribution >= 4 is 11.9 Å². The molecule has 0 radical (unpaired) electrons. The third-order valence-corrected chi connectivity index (χ3v) is 3.76. The maximum absolute atomic E-state index is 12.2. The van der Waals surface area contributed by atoms with Gasteiger partial charge in [0.15, 0.2) is 11.3 Å². The Morgan fingerprint density at radius 1 is 1.48 bits per heavy atom. The molecule has 3 heterocycles. The number of carboxylic acids is 1. The van der Waals surface area contributed by atoms with E-state index in [1.54, 1.807) is 19.1 Å². The Kier molecular flexibility index (Phi) is 3.91. The summed E-state index contributed by atoms with van der Waals surface area (Å²) in [5.74, 6) is -0.311. The molecule has 3 rings (SSSR count). The summed E-state index contributed by atoms with van der Waals surface area (Å²) in [6, 6.07) is 3.41. The van der Waals surface area contributed by atoms with Crippen LogP contribution >= 0.6 is 0 Å². The highest BCUT2D eigenvalue weighted by atomic mass is 16.5. The molecular weight excluding hydrogens is 304 g/mol. The van der Waals surface area contributed by atoms with Gasteiger partial charge in [0.2, 0.25) is 5.91 Å². The van der Waals surface area contributed by atoms with Crippen molar-refractivity contribution < 1.29 is 28.3 Å². The number of amides is 1. The number of nitrogens with one attached hydrogen (secondary N) is 1. The molecule has 1 fully saturated rings. The molecule has 0 aromatic carbocycles. The highest BCUT2D eigenvalue weighted by molar-refractivity contribution is 5.88. The van der Waals surface area contributed by atoms with Crippen molar-refractivity contribution in [3.05, 3.63) is 29.9 Å². The molecule has 1 atom stereocenters. The number of nitrogens with zero attached hydrogens (tertiary/aromatic N) is 1. The van der Waals surface area contributed by atoms with Crippen LogP contribution in [-0.2, 0) is 20.7 Å². The molecule has 8 heteroatoms. The largest absolute Gasteiger partial charge is 0.479 e. The molecule has 0 spiro atoms. The minimum atomic E-state index is -1.36. The molecule has 1 saturated heterocycles. The SMILES string of the molecule is Cc1oc(-c2ccco2)nc1CC(=O)NC1(C(=O)O)CCOC1. The first kappa shape index (κ1) is 15.3. The minimum absolute atomic E-state index is 0.0382. The quantitative estimate of drug-likeness (QED) is 0.849. The summed E-state index contributed by atoms with van der Waals surface area (Å²) in [5, 5.41) is 11.9. The standard InChI is InChI=1S/C15H16N2O6/c1-9-10(16-13(23-9)11-3-2-5-22-11)7-12(18)17-15(14(19)20)4-6-21-8-15/h2-3,5H,4,6-8H2,1H3,(H,17,18)(H,19,20). The van der Waals surface area contributed by atoms with E-state index in [4.69, 9.17) is 13.6 Å². The average molecular weight is 320 g/mol. The molecule has 0 bridgehead atoms. The summed E-state index contributed by atoms with van der Waals surface area (Å²) < 4.78 is 15.8. The van der Waals surface area contributed by atoms with Crippen LogP contribution in [0.5, 0.6) is 0 Å². The molecule has 2 aromatic heterocycles. The van der Waals surface area contributed by atoms with Gasteiger partial charge in [0.05, 0.1) is 25.0 Å². The van der Waals surface area contributed by atoms with Crippen molar-refractivity contribution in [1.82, 2.24) is 10.3 Å². The van der Waals surface area contributed by atoms with Gasteiger partial charge in [-0.1, -0.05) is 0 Å². The first-order chi connectivity index (χ1) is 11.0. The topological polar surface area (TPSA) is 115 Å². The van der Waals surface area contributed by atoms with Crippen molar-refractivity contribution in [3.8, 4) is 11.7 Å². The fourth-order valence-corrected chi connectivity index (χ4v) is 2.45. The second kappa shape index (κ2) is 5.88. The van der Waals surface area contributed by atoms with Crippen molar-refractivity contribution in [2.75, 3.05) is 13.2 Å². The molecular formula is C15H16N2O6. The van der Waals surface area contributed by atoms with Gasteiger partial charge in [0, 0.05) is 13.0 Å². The third-order valence-electron chi connectivity index (χ3n) is 3.76. The zero-order chi connectivity index (χ0) is 16.4. The van der Waals surface area contributed by atoms with Crippen LogP contribution in [0.4, 0.5) is 0 Å². The molecule has 8 nitrogen and oxygen atoms in total. The van der Waals surface area contributed by atoms with E-state index in [0.717, 1.165) is 0 Å². The van der Waals surface area contributed by atoms with Crippen molar-refractivity contribution in [2.45, 2.75) is 25.3 Å². The molecule has 23 heavy (non-hydrogen) atoms. The number of rotatable bonds is 5. The maximum Gasteiger partial charge on any atom is 0.331 e. The Balaban J connectivity index is 1.72. The molecule has 1 amide bonds. The van der Waals surface area contributed by atoms with Crippen LogP contribution in [0.15, 0.2) is 27.2 Å². The van der Waals surface area contributed by atoms with Gasteiger partial charge in [-0.3, -0.25) is 4.79 Å². The van der Waals surface area contributed by atoms with Gasteiger partial charge >= 0.3 is 5.97 Å². The minimum Gasteiger partial charge on any atom is -0.479 e. The number of aliphatic carboxylic acids is 1. The highest BCUT2D eigenvalue weighted by Crippen LogP contribution is 2.23. The summed E-state index contributed by atoms with van der Waals surface area (Å²) in [6.07, 6.45) is 1.66. The van der Waals surface area contributed by atoms with E-state index in [-0.39, 0.29) is 25.3 Å². The lowest BCUT2D eigenvalue weighted by molar-refractivity contribution is -0.147. The molecule has 2 aromatic rings. The van der Waals surface area contributed by atoms with E-state index in [1.807, 2.05) is 0 Å². The van der Waals surface area contributed by atoms with Gasteiger partial charge in [0.1, 0.15) is 5.76 Å². The van der Waals surface area contributed by atoms with E-state index < -0.39 is 17.4 Å². The molecule has 0 aliphatic carbocycles. The van der Waals surface area contributed by atoms with Crippen molar-refractivity contribution in [2.24, 2.45) is 0 Å². The number of aryl methyl sites for hydroxylation is 1. The number of carboxylic acid groups (broad SMARTS) is 1. The van der Waals surface area contributed by atoms with E-state index >= 15 is 0 Å². The third kappa shape index (κ3) is 2.98. The maximum atomic E-state index is 12.2. The van der Waals surface area contributed by atoms with Gasteiger partial charge in [-0.25, -0.2) is 9.78 Å². The summed E-state index contributed by atoms with van der Waals surface area (Å²) in [6.45, 7) is 1.95. The van der Waals surface area contributed by atoms with E-state index in [9.17, 15) is 14.7 Å². The zero-order valence-corrected chi connectivity index (χ0v) is 12.5. The van der Waals surface area contributed by atoms with Crippen molar-refractivity contribution in [3.63, 3.8) is 0 Å². The van der Waals surface area contributed by atoms with Crippen LogP contribution in [0.1, 0.15) is 17.9 Å². The van der Waals surface area contributed by atoms with Crippen LogP contribution in [0.3, 0.4) is 0 Å².